The number of carboxylic acid groups (broad SMARTS) is 1. The van der Waals surface area contributed by atoms with Crippen LogP contribution >= 0.6 is 0 Å². The Morgan fingerprint density at radius 1 is 0.514 bits per heavy atom. The smallest absolute Gasteiger partial charge is 0.306 e. The summed E-state index contributed by atoms with van der Waals surface area (Å²) < 4.78 is 5.80. The van der Waals surface area contributed by atoms with E-state index in [9.17, 15) is 9.59 Å². The molecule has 4 nitrogen and oxygen atoms in total. The molecule has 1 N–H and O–H groups in total. The third-order valence-electron chi connectivity index (χ3n) is 7.06. The normalized spacial score (nSPS) is 12.1. The van der Waals surface area contributed by atoms with Gasteiger partial charge < -0.3 is 9.84 Å². The van der Waals surface area contributed by atoms with E-state index in [0.717, 1.165) is 57.8 Å². The Labute approximate surface area is 218 Å². The Bertz CT molecular complexity index is 463. The summed E-state index contributed by atoms with van der Waals surface area (Å²) in [6.45, 7) is 4.44. The lowest BCUT2D eigenvalue weighted by atomic mass is 10.0. The largest absolute Gasteiger partial charge is 0.481 e. The minimum Gasteiger partial charge on any atom is -0.481 e. The van der Waals surface area contributed by atoms with Gasteiger partial charge in [-0.1, -0.05) is 136 Å². The molecule has 0 aromatic heterocycles. The molecule has 0 bridgehead atoms. The molecule has 0 aliphatic rings. The fraction of sp³-hybridized carbons (Fsp3) is 0.935. The number of hydrogen-bond donors (Lipinski definition) is 1. The van der Waals surface area contributed by atoms with Crippen molar-refractivity contribution in [1.29, 1.82) is 0 Å². The van der Waals surface area contributed by atoms with Gasteiger partial charge in [-0.05, 0) is 32.1 Å². The molecule has 208 valence electrons. The number of hydrogen-bond acceptors (Lipinski definition) is 3. The van der Waals surface area contributed by atoms with Gasteiger partial charge in [-0.2, -0.15) is 0 Å². The molecule has 0 heterocycles. The van der Waals surface area contributed by atoms with E-state index in [1.165, 1.54) is 96.3 Å². The van der Waals surface area contributed by atoms with Crippen LogP contribution in [-0.2, 0) is 14.3 Å². The highest BCUT2D eigenvalue weighted by Crippen LogP contribution is 2.17. The summed E-state index contributed by atoms with van der Waals surface area (Å²) in [6.07, 6.45) is 30.2. The molecule has 0 saturated heterocycles. The van der Waals surface area contributed by atoms with Crippen molar-refractivity contribution in [2.24, 2.45) is 0 Å². The van der Waals surface area contributed by atoms with Gasteiger partial charge in [-0.3, -0.25) is 9.59 Å². The van der Waals surface area contributed by atoms with Gasteiger partial charge in [0, 0.05) is 12.8 Å². The van der Waals surface area contributed by atoms with E-state index in [4.69, 9.17) is 9.84 Å². The predicted molar refractivity (Wildman–Crippen MR) is 149 cm³/mol. The van der Waals surface area contributed by atoms with Crippen LogP contribution in [0.15, 0.2) is 0 Å². The zero-order valence-corrected chi connectivity index (χ0v) is 23.6. The van der Waals surface area contributed by atoms with Crippen LogP contribution in [0.1, 0.15) is 181 Å². The van der Waals surface area contributed by atoms with E-state index in [1.807, 2.05) is 0 Å². The second-order valence-electron chi connectivity index (χ2n) is 10.7. The second-order valence-corrected chi connectivity index (χ2v) is 10.7. The first-order chi connectivity index (χ1) is 17.1. The molecule has 0 aromatic carbocycles. The molecule has 1 atom stereocenters. The lowest BCUT2D eigenvalue weighted by Gasteiger charge is -2.17. The van der Waals surface area contributed by atoms with Gasteiger partial charge in [0.15, 0.2) is 0 Å². The number of carbonyl (C=O) groups excluding carboxylic acids is 1. The Morgan fingerprint density at radius 2 is 0.914 bits per heavy atom. The summed E-state index contributed by atoms with van der Waals surface area (Å²) in [6, 6.07) is 0. The van der Waals surface area contributed by atoms with E-state index < -0.39 is 5.97 Å². The predicted octanol–water partition coefficient (Wildman–Crippen LogP) is 10.2. The summed E-state index contributed by atoms with van der Waals surface area (Å²) in [5, 5.41) is 8.65. The maximum Gasteiger partial charge on any atom is 0.306 e. The van der Waals surface area contributed by atoms with Crippen molar-refractivity contribution in [3.8, 4) is 0 Å². The van der Waals surface area contributed by atoms with E-state index in [-0.39, 0.29) is 12.1 Å². The average Bonchev–Trinajstić information content (AvgIpc) is 2.83. The molecule has 1 unspecified atom stereocenters. The Morgan fingerprint density at radius 3 is 1.34 bits per heavy atom. The third-order valence-corrected chi connectivity index (χ3v) is 7.06. The Balaban J connectivity index is 3.55. The van der Waals surface area contributed by atoms with Crippen LogP contribution in [0.4, 0.5) is 0 Å². The molecule has 35 heavy (non-hydrogen) atoms. The summed E-state index contributed by atoms with van der Waals surface area (Å²) in [7, 11) is 0. The van der Waals surface area contributed by atoms with Gasteiger partial charge in [0.05, 0.1) is 0 Å². The monoisotopic (exact) mass is 496 g/mol. The number of aliphatic carboxylic acids is 1. The molecule has 0 fully saturated rings. The van der Waals surface area contributed by atoms with Crippen molar-refractivity contribution in [2.45, 2.75) is 187 Å². The minimum atomic E-state index is -0.684. The molecule has 0 amide bonds. The number of carbonyl (C=O) groups is 2. The highest BCUT2D eigenvalue weighted by atomic mass is 16.5. The summed E-state index contributed by atoms with van der Waals surface area (Å²) in [5.74, 6) is -0.676. The topological polar surface area (TPSA) is 63.6 Å². The maximum absolute atomic E-state index is 12.3. The van der Waals surface area contributed by atoms with Crippen LogP contribution in [0.5, 0.6) is 0 Å². The highest BCUT2D eigenvalue weighted by Gasteiger charge is 2.13. The van der Waals surface area contributed by atoms with Crippen molar-refractivity contribution < 1.29 is 19.4 Å². The first-order valence-corrected chi connectivity index (χ1v) is 15.5. The van der Waals surface area contributed by atoms with Gasteiger partial charge >= 0.3 is 11.9 Å². The fourth-order valence-electron chi connectivity index (χ4n) is 4.82. The standard InChI is InChI=1S/C31H60O4/c1-3-5-6-7-8-9-10-11-12-13-18-21-24-28-31(34)35-29(25-4-2)26-22-19-16-14-15-17-20-23-27-30(32)33/h29H,3-28H2,1-2H3,(H,32,33). The van der Waals surface area contributed by atoms with E-state index >= 15 is 0 Å². The molecular formula is C31H60O4. The highest BCUT2D eigenvalue weighted by molar-refractivity contribution is 5.69. The first-order valence-electron chi connectivity index (χ1n) is 15.5. The Kier molecular flexibility index (Phi) is 26.7. The van der Waals surface area contributed by atoms with Crippen LogP contribution in [0, 0.1) is 0 Å². The zero-order valence-electron chi connectivity index (χ0n) is 23.6. The number of ether oxygens (including phenoxy) is 1. The van der Waals surface area contributed by atoms with Crippen molar-refractivity contribution >= 4 is 11.9 Å². The number of esters is 1. The third kappa shape index (κ3) is 27.4. The number of rotatable bonds is 28. The molecule has 0 rings (SSSR count). The fourth-order valence-corrected chi connectivity index (χ4v) is 4.82. The van der Waals surface area contributed by atoms with Crippen LogP contribution in [0.25, 0.3) is 0 Å². The maximum atomic E-state index is 12.3. The molecular weight excluding hydrogens is 436 g/mol. The molecule has 0 spiro atoms. The van der Waals surface area contributed by atoms with Gasteiger partial charge in [0.1, 0.15) is 6.10 Å². The van der Waals surface area contributed by atoms with Crippen molar-refractivity contribution in [3.05, 3.63) is 0 Å². The second kappa shape index (κ2) is 27.5. The van der Waals surface area contributed by atoms with Crippen LogP contribution in [0.3, 0.4) is 0 Å². The number of unbranched alkanes of at least 4 members (excludes halogenated alkanes) is 19. The lowest BCUT2D eigenvalue weighted by Crippen LogP contribution is -2.18. The summed E-state index contributed by atoms with van der Waals surface area (Å²) >= 11 is 0. The van der Waals surface area contributed by atoms with Crippen LogP contribution in [0.2, 0.25) is 0 Å². The minimum absolute atomic E-state index is 0.00730. The van der Waals surface area contributed by atoms with Gasteiger partial charge in [-0.25, -0.2) is 0 Å². The van der Waals surface area contributed by atoms with E-state index in [2.05, 4.69) is 13.8 Å². The molecule has 0 radical (unpaired) electrons. The van der Waals surface area contributed by atoms with E-state index in [0.29, 0.717) is 12.8 Å². The Hall–Kier alpha value is -1.06. The van der Waals surface area contributed by atoms with Gasteiger partial charge in [0.25, 0.3) is 0 Å². The molecule has 0 aliphatic carbocycles. The SMILES string of the molecule is CCCCCCCCCCCCCCCC(=O)OC(CCC)CCCCCCCCCCC(=O)O. The van der Waals surface area contributed by atoms with E-state index in [1.54, 1.807) is 0 Å². The molecule has 0 aliphatic heterocycles. The summed E-state index contributed by atoms with van der Waals surface area (Å²) in [4.78, 5) is 22.8. The summed E-state index contributed by atoms with van der Waals surface area (Å²) in [5.41, 5.74) is 0. The van der Waals surface area contributed by atoms with Crippen molar-refractivity contribution in [2.75, 3.05) is 0 Å². The quantitative estimate of drug-likeness (QED) is 0.0864. The van der Waals surface area contributed by atoms with Crippen molar-refractivity contribution in [3.63, 3.8) is 0 Å². The first kappa shape index (κ1) is 33.9. The molecule has 4 heteroatoms. The molecule has 0 aromatic rings. The average molecular weight is 497 g/mol. The van der Waals surface area contributed by atoms with Gasteiger partial charge in [0.2, 0.25) is 0 Å². The number of carboxylic acids is 1. The van der Waals surface area contributed by atoms with Crippen LogP contribution in [-0.4, -0.2) is 23.1 Å². The van der Waals surface area contributed by atoms with Gasteiger partial charge in [-0.15, -0.1) is 0 Å². The lowest BCUT2D eigenvalue weighted by molar-refractivity contribution is -0.150. The van der Waals surface area contributed by atoms with Crippen molar-refractivity contribution in [1.82, 2.24) is 0 Å². The van der Waals surface area contributed by atoms with Crippen LogP contribution < -0.4 is 0 Å². The molecule has 0 saturated carbocycles. The zero-order chi connectivity index (χ0) is 25.8.